The van der Waals surface area contributed by atoms with Crippen LogP contribution in [0.2, 0.25) is 0 Å². The van der Waals surface area contributed by atoms with E-state index in [4.69, 9.17) is 0 Å². The highest BCUT2D eigenvalue weighted by Gasteiger charge is 2.31. The molecule has 2 heterocycles. The molecule has 5 heteroatoms. The van der Waals surface area contributed by atoms with Gasteiger partial charge in [0.05, 0.1) is 0 Å². The molecule has 2 atom stereocenters. The smallest absolute Gasteiger partial charge is 0.225 e. The SMILES string of the molecule is C[C@H]1C[C@@H](C(=O)N2CCC(CN(C)Cc3ccccc3)CC2)CCN1.Cl. The van der Waals surface area contributed by atoms with Gasteiger partial charge < -0.3 is 15.1 Å². The van der Waals surface area contributed by atoms with Crippen LogP contribution in [0.25, 0.3) is 0 Å². The Morgan fingerprint density at radius 2 is 1.88 bits per heavy atom. The van der Waals surface area contributed by atoms with E-state index >= 15 is 0 Å². The van der Waals surface area contributed by atoms with E-state index in [2.05, 4.69) is 59.4 Å². The molecular formula is C21H34ClN3O. The lowest BCUT2D eigenvalue weighted by molar-refractivity contribution is -0.138. The third kappa shape index (κ3) is 5.97. The maximum Gasteiger partial charge on any atom is 0.225 e. The van der Waals surface area contributed by atoms with E-state index in [0.29, 0.717) is 17.9 Å². The van der Waals surface area contributed by atoms with E-state index in [9.17, 15) is 4.79 Å². The first-order chi connectivity index (χ1) is 12.1. The average molecular weight is 380 g/mol. The van der Waals surface area contributed by atoms with Crippen LogP contribution in [-0.2, 0) is 11.3 Å². The summed E-state index contributed by atoms with van der Waals surface area (Å²) >= 11 is 0. The lowest BCUT2D eigenvalue weighted by atomic mass is 9.90. The van der Waals surface area contributed by atoms with Crippen LogP contribution in [0.5, 0.6) is 0 Å². The van der Waals surface area contributed by atoms with E-state index in [0.717, 1.165) is 58.4 Å². The molecule has 1 amide bonds. The van der Waals surface area contributed by atoms with Crippen molar-refractivity contribution in [1.82, 2.24) is 15.1 Å². The molecule has 0 spiro atoms. The number of nitrogens with zero attached hydrogens (tertiary/aromatic N) is 2. The minimum Gasteiger partial charge on any atom is -0.342 e. The molecule has 0 aliphatic carbocycles. The fourth-order valence-electron chi connectivity index (χ4n) is 4.35. The van der Waals surface area contributed by atoms with Crippen molar-refractivity contribution >= 4 is 18.3 Å². The van der Waals surface area contributed by atoms with Crippen LogP contribution >= 0.6 is 12.4 Å². The third-order valence-corrected chi connectivity index (χ3v) is 5.76. The fraction of sp³-hybridized carbons (Fsp3) is 0.667. The van der Waals surface area contributed by atoms with Gasteiger partial charge in [-0.15, -0.1) is 12.4 Å². The maximum atomic E-state index is 12.8. The first-order valence-corrected chi connectivity index (χ1v) is 9.86. The van der Waals surface area contributed by atoms with Gasteiger partial charge in [0.1, 0.15) is 0 Å². The lowest BCUT2D eigenvalue weighted by Crippen LogP contribution is -2.47. The van der Waals surface area contributed by atoms with Crippen LogP contribution in [-0.4, -0.2) is 55.0 Å². The van der Waals surface area contributed by atoms with Gasteiger partial charge in [0.25, 0.3) is 0 Å². The molecule has 26 heavy (non-hydrogen) atoms. The van der Waals surface area contributed by atoms with Crippen molar-refractivity contribution in [3.05, 3.63) is 35.9 Å². The lowest BCUT2D eigenvalue weighted by Gasteiger charge is -2.37. The number of piperidine rings is 2. The zero-order chi connectivity index (χ0) is 17.6. The predicted octanol–water partition coefficient (Wildman–Crippen LogP) is 3.17. The van der Waals surface area contributed by atoms with Gasteiger partial charge >= 0.3 is 0 Å². The van der Waals surface area contributed by atoms with Crippen LogP contribution in [0.15, 0.2) is 30.3 Å². The van der Waals surface area contributed by atoms with Gasteiger partial charge in [0.2, 0.25) is 5.91 Å². The third-order valence-electron chi connectivity index (χ3n) is 5.76. The molecule has 0 saturated carbocycles. The molecule has 0 bridgehead atoms. The quantitative estimate of drug-likeness (QED) is 0.853. The summed E-state index contributed by atoms with van der Waals surface area (Å²) in [6, 6.07) is 11.1. The summed E-state index contributed by atoms with van der Waals surface area (Å²) in [6.45, 7) is 7.20. The molecule has 2 aliphatic rings. The zero-order valence-corrected chi connectivity index (χ0v) is 17.0. The summed E-state index contributed by atoms with van der Waals surface area (Å²) in [5.41, 5.74) is 1.37. The fourth-order valence-corrected chi connectivity index (χ4v) is 4.35. The number of amides is 1. The second kappa shape index (κ2) is 10.3. The van der Waals surface area contributed by atoms with Crippen molar-refractivity contribution in [1.29, 1.82) is 0 Å². The number of hydrogen-bond donors (Lipinski definition) is 1. The van der Waals surface area contributed by atoms with Crippen molar-refractivity contribution in [3.63, 3.8) is 0 Å². The molecule has 1 aromatic carbocycles. The molecule has 4 nitrogen and oxygen atoms in total. The van der Waals surface area contributed by atoms with Crippen molar-refractivity contribution in [3.8, 4) is 0 Å². The van der Waals surface area contributed by atoms with E-state index < -0.39 is 0 Å². The van der Waals surface area contributed by atoms with Crippen LogP contribution in [0.1, 0.15) is 38.2 Å². The molecule has 0 aromatic heterocycles. The average Bonchev–Trinajstić information content (AvgIpc) is 2.62. The van der Waals surface area contributed by atoms with Crippen molar-refractivity contribution in [2.45, 2.75) is 45.2 Å². The topological polar surface area (TPSA) is 35.6 Å². The Morgan fingerprint density at radius 1 is 1.19 bits per heavy atom. The van der Waals surface area contributed by atoms with Gasteiger partial charge in [0, 0.05) is 38.1 Å². The number of carbonyl (C=O) groups excluding carboxylic acids is 1. The molecule has 2 aliphatic heterocycles. The summed E-state index contributed by atoms with van der Waals surface area (Å²) in [5, 5.41) is 3.44. The number of carbonyl (C=O) groups is 1. The minimum absolute atomic E-state index is 0. The van der Waals surface area contributed by atoms with Crippen molar-refractivity contribution in [2.24, 2.45) is 11.8 Å². The normalized spacial score (nSPS) is 24.3. The predicted molar refractivity (Wildman–Crippen MR) is 110 cm³/mol. The largest absolute Gasteiger partial charge is 0.342 e. The monoisotopic (exact) mass is 379 g/mol. The Hall–Kier alpha value is -1.10. The highest BCUT2D eigenvalue weighted by atomic mass is 35.5. The van der Waals surface area contributed by atoms with Gasteiger partial charge in [-0.05, 0) is 57.7 Å². The van der Waals surface area contributed by atoms with Crippen LogP contribution in [0.3, 0.4) is 0 Å². The Labute approximate surface area is 164 Å². The molecule has 2 fully saturated rings. The van der Waals surface area contributed by atoms with E-state index in [1.54, 1.807) is 0 Å². The molecule has 3 rings (SSSR count). The Kier molecular flexibility index (Phi) is 8.39. The first kappa shape index (κ1) is 21.2. The van der Waals surface area contributed by atoms with Gasteiger partial charge in [0.15, 0.2) is 0 Å². The summed E-state index contributed by atoms with van der Waals surface area (Å²) < 4.78 is 0. The van der Waals surface area contributed by atoms with Gasteiger partial charge in [-0.3, -0.25) is 4.79 Å². The summed E-state index contributed by atoms with van der Waals surface area (Å²) in [7, 11) is 2.21. The minimum atomic E-state index is 0. The van der Waals surface area contributed by atoms with E-state index in [1.165, 1.54) is 5.56 Å². The van der Waals surface area contributed by atoms with Crippen molar-refractivity contribution < 1.29 is 4.79 Å². The molecular weight excluding hydrogens is 346 g/mol. The molecule has 1 N–H and O–H groups in total. The zero-order valence-electron chi connectivity index (χ0n) is 16.2. The second-order valence-corrected chi connectivity index (χ2v) is 8.03. The van der Waals surface area contributed by atoms with Crippen LogP contribution in [0, 0.1) is 11.8 Å². The van der Waals surface area contributed by atoms with Crippen LogP contribution in [0.4, 0.5) is 0 Å². The number of likely N-dealkylation sites (tertiary alicyclic amines) is 1. The number of rotatable bonds is 5. The summed E-state index contributed by atoms with van der Waals surface area (Å²) in [6.07, 6.45) is 4.29. The summed E-state index contributed by atoms with van der Waals surface area (Å²) in [4.78, 5) is 17.3. The highest BCUT2D eigenvalue weighted by Crippen LogP contribution is 2.24. The van der Waals surface area contributed by atoms with E-state index in [-0.39, 0.29) is 18.3 Å². The number of benzene rings is 1. The van der Waals surface area contributed by atoms with Gasteiger partial charge in [-0.1, -0.05) is 30.3 Å². The number of hydrogen-bond acceptors (Lipinski definition) is 3. The Balaban J connectivity index is 0.00000243. The van der Waals surface area contributed by atoms with Crippen molar-refractivity contribution in [2.75, 3.05) is 33.2 Å². The highest BCUT2D eigenvalue weighted by molar-refractivity contribution is 5.85. The molecule has 2 saturated heterocycles. The molecule has 1 aromatic rings. The molecule has 146 valence electrons. The first-order valence-electron chi connectivity index (χ1n) is 9.86. The Bertz CT molecular complexity index is 545. The number of nitrogens with one attached hydrogen (secondary N) is 1. The Morgan fingerprint density at radius 3 is 2.54 bits per heavy atom. The molecule has 0 unspecified atom stereocenters. The maximum absolute atomic E-state index is 12.8. The standard InChI is InChI=1S/C21H33N3O.ClH/c1-17-14-20(8-11-22-17)21(25)24-12-9-19(10-13-24)16-23(2)15-18-6-4-3-5-7-18;/h3-7,17,19-20,22H,8-16H2,1-2H3;1H/t17-,20-;/m0./s1. The summed E-state index contributed by atoms with van der Waals surface area (Å²) in [5.74, 6) is 1.36. The van der Waals surface area contributed by atoms with E-state index in [1.807, 2.05) is 0 Å². The van der Waals surface area contributed by atoms with Gasteiger partial charge in [-0.2, -0.15) is 0 Å². The second-order valence-electron chi connectivity index (χ2n) is 8.03. The molecule has 0 radical (unpaired) electrons. The van der Waals surface area contributed by atoms with Gasteiger partial charge in [-0.25, -0.2) is 0 Å². The van der Waals surface area contributed by atoms with Crippen LogP contribution < -0.4 is 5.32 Å². The number of halogens is 1.